The maximum absolute atomic E-state index is 13.1. The number of nitriles is 1. The number of sulfonamides is 1. The molecule has 0 spiro atoms. The Bertz CT molecular complexity index is 1000. The zero-order valence-corrected chi connectivity index (χ0v) is 15.0. The Kier molecular flexibility index (Phi) is 3.27. The van der Waals surface area contributed by atoms with Gasteiger partial charge in [-0.1, -0.05) is 17.7 Å². The van der Waals surface area contributed by atoms with Crippen molar-refractivity contribution in [3.05, 3.63) is 59.2 Å². The first-order valence-electron chi connectivity index (χ1n) is 8.09. The molecule has 3 atom stereocenters. The third-order valence-corrected chi connectivity index (χ3v) is 6.77. The van der Waals surface area contributed by atoms with Crippen LogP contribution in [0.3, 0.4) is 0 Å². The van der Waals surface area contributed by atoms with E-state index in [1.807, 2.05) is 20.8 Å². The van der Waals surface area contributed by atoms with Gasteiger partial charge in [0.15, 0.2) is 0 Å². The molecule has 5 nitrogen and oxygen atoms in total. The number of fused-ring (bicyclic) bond motifs is 3. The predicted octanol–water partition coefficient (Wildman–Crippen LogP) is 3.15. The summed E-state index contributed by atoms with van der Waals surface area (Å²) in [6, 6.07) is 13.6. The normalized spacial score (nSPS) is 25.9. The van der Waals surface area contributed by atoms with Crippen LogP contribution in [0.4, 0.5) is 0 Å². The number of hydrogen-bond acceptors (Lipinski definition) is 4. The first kappa shape index (κ1) is 16.1. The summed E-state index contributed by atoms with van der Waals surface area (Å²) < 4.78 is 33.8. The summed E-state index contributed by atoms with van der Waals surface area (Å²) in [6.07, 6.45) is 0. The molecule has 0 aromatic heterocycles. The summed E-state index contributed by atoms with van der Waals surface area (Å²) in [6.45, 7) is 5.72. The molecule has 1 fully saturated rings. The van der Waals surface area contributed by atoms with Crippen LogP contribution in [0.5, 0.6) is 5.75 Å². The van der Waals surface area contributed by atoms with Crippen molar-refractivity contribution >= 4 is 10.0 Å². The Morgan fingerprint density at radius 3 is 2.48 bits per heavy atom. The summed E-state index contributed by atoms with van der Waals surface area (Å²) in [7, 11) is -3.63. The second-order valence-electron chi connectivity index (χ2n) is 7.11. The molecule has 1 saturated heterocycles. The van der Waals surface area contributed by atoms with E-state index in [2.05, 4.69) is 6.07 Å². The Labute approximate surface area is 147 Å². The molecule has 128 valence electrons. The second-order valence-corrected chi connectivity index (χ2v) is 8.95. The molecule has 0 radical (unpaired) electrons. The van der Waals surface area contributed by atoms with Crippen LogP contribution in [0.1, 0.15) is 36.6 Å². The van der Waals surface area contributed by atoms with Crippen LogP contribution < -0.4 is 4.74 Å². The molecule has 2 aromatic carbocycles. The van der Waals surface area contributed by atoms with Crippen molar-refractivity contribution in [3.8, 4) is 11.8 Å². The van der Waals surface area contributed by atoms with E-state index in [0.29, 0.717) is 11.3 Å². The van der Waals surface area contributed by atoms with Gasteiger partial charge in [-0.05, 0) is 51.1 Å². The van der Waals surface area contributed by atoms with Crippen molar-refractivity contribution < 1.29 is 13.2 Å². The first-order valence-corrected chi connectivity index (χ1v) is 9.53. The lowest BCUT2D eigenvalue weighted by Gasteiger charge is -2.30. The van der Waals surface area contributed by atoms with Crippen LogP contribution >= 0.6 is 0 Å². The van der Waals surface area contributed by atoms with Gasteiger partial charge in [0.25, 0.3) is 0 Å². The maximum atomic E-state index is 13.1. The fourth-order valence-corrected chi connectivity index (χ4v) is 5.49. The van der Waals surface area contributed by atoms with Crippen LogP contribution in [-0.2, 0) is 10.0 Å². The summed E-state index contributed by atoms with van der Waals surface area (Å²) in [5.41, 5.74) is 1.64. The number of benzene rings is 2. The van der Waals surface area contributed by atoms with Crippen LogP contribution in [0.25, 0.3) is 0 Å². The van der Waals surface area contributed by atoms with Gasteiger partial charge in [0.1, 0.15) is 11.4 Å². The van der Waals surface area contributed by atoms with Crippen molar-refractivity contribution in [2.45, 2.75) is 43.4 Å². The van der Waals surface area contributed by atoms with Gasteiger partial charge in [-0.15, -0.1) is 0 Å². The standard InChI is InChI=1S/C19H18N2O3S/c1-12-4-7-14(8-5-12)25(22,23)21-17-15-10-13(11-20)6-9-16(15)24-19(2,3)18(17)21/h4-10,17-18H,1-3H3/t17-,18-,21?/m0/s1. The van der Waals surface area contributed by atoms with Gasteiger partial charge in [0.05, 0.1) is 28.6 Å². The fraction of sp³-hybridized carbons (Fsp3) is 0.316. The minimum atomic E-state index is -3.63. The summed E-state index contributed by atoms with van der Waals surface area (Å²) in [5, 5.41) is 9.15. The van der Waals surface area contributed by atoms with Gasteiger partial charge in [-0.25, -0.2) is 8.42 Å². The molecule has 0 N–H and O–H groups in total. The van der Waals surface area contributed by atoms with E-state index < -0.39 is 15.6 Å². The highest BCUT2D eigenvalue weighted by molar-refractivity contribution is 7.89. The Morgan fingerprint density at radius 2 is 1.84 bits per heavy atom. The Morgan fingerprint density at radius 1 is 1.16 bits per heavy atom. The number of aryl methyl sites for hydroxylation is 1. The van der Waals surface area contributed by atoms with Crippen LogP contribution in [-0.4, -0.2) is 24.4 Å². The molecular formula is C19H18N2O3S. The lowest BCUT2D eigenvalue weighted by Crippen LogP contribution is -2.39. The molecule has 4 rings (SSSR count). The van der Waals surface area contributed by atoms with E-state index in [9.17, 15) is 8.42 Å². The van der Waals surface area contributed by atoms with Crippen molar-refractivity contribution in [1.82, 2.24) is 4.31 Å². The van der Waals surface area contributed by atoms with Crippen LogP contribution in [0.2, 0.25) is 0 Å². The van der Waals surface area contributed by atoms with Gasteiger partial charge in [0.2, 0.25) is 10.0 Å². The molecule has 0 aliphatic carbocycles. The van der Waals surface area contributed by atoms with Crippen molar-refractivity contribution in [3.63, 3.8) is 0 Å². The van der Waals surface area contributed by atoms with E-state index in [1.54, 1.807) is 42.5 Å². The largest absolute Gasteiger partial charge is 0.486 e. The molecule has 1 unspecified atom stereocenters. The molecule has 0 amide bonds. The van der Waals surface area contributed by atoms with Crippen LogP contribution in [0, 0.1) is 18.3 Å². The molecule has 2 heterocycles. The van der Waals surface area contributed by atoms with Crippen molar-refractivity contribution in [2.75, 3.05) is 0 Å². The lowest BCUT2D eigenvalue weighted by atomic mass is 9.93. The second kappa shape index (κ2) is 5.07. The first-order chi connectivity index (χ1) is 11.8. The molecule has 2 aliphatic heterocycles. The minimum absolute atomic E-state index is 0.278. The quantitative estimate of drug-likeness (QED) is 0.777. The molecule has 2 aliphatic rings. The monoisotopic (exact) mass is 354 g/mol. The SMILES string of the molecule is Cc1ccc(S(=O)(=O)N2[C@H]3[C@@H]2c2cc(C#N)ccc2OC3(C)C)cc1. The van der Waals surface area contributed by atoms with Crippen molar-refractivity contribution in [2.24, 2.45) is 0 Å². The van der Waals surface area contributed by atoms with E-state index in [1.165, 1.54) is 4.31 Å². The highest BCUT2D eigenvalue weighted by Crippen LogP contribution is 2.58. The highest BCUT2D eigenvalue weighted by Gasteiger charge is 2.66. The van der Waals surface area contributed by atoms with Gasteiger partial charge >= 0.3 is 0 Å². The van der Waals surface area contributed by atoms with Gasteiger partial charge in [-0.2, -0.15) is 9.57 Å². The topological polar surface area (TPSA) is 70.2 Å². The molecule has 2 aromatic rings. The zero-order chi connectivity index (χ0) is 18.0. The van der Waals surface area contributed by atoms with Crippen LogP contribution in [0.15, 0.2) is 47.4 Å². The maximum Gasteiger partial charge on any atom is 0.244 e. The van der Waals surface area contributed by atoms with Crippen molar-refractivity contribution in [1.29, 1.82) is 5.26 Å². The van der Waals surface area contributed by atoms with Gasteiger partial charge in [0, 0.05) is 5.56 Å². The van der Waals surface area contributed by atoms with E-state index in [4.69, 9.17) is 10.00 Å². The molecule has 0 saturated carbocycles. The highest BCUT2D eigenvalue weighted by atomic mass is 32.2. The molecule has 6 heteroatoms. The number of hydrogen-bond donors (Lipinski definition) is 0. The predicted molar refractivity (Wildman–Crippen MR) is 92.6 cm³/mol. The molecular weight excluding hydrogens is 336 g/mol. The van der Waals surface area contributed by atoms with E-state index in [-0.39, 0.29) is 17.0 Å². The summed E-state index contributed by atoms with van der Waals surface area (Å²) in [5.74, 6) is 0.645. The minimum Gasteiger partial charge on any atom is -0.486 e. The number of rotatable bonds is 2. The van der Waals surface area contributed by atoms with Gasteiger partial charge < -0.3 is 4.74 Å². The van der Waals surface area contributed by atoms with E-state index >= 15 is 0 Å². The average molecular weight is 354 g/mol. The van der Waals surface area contributed by atoms with E-state index in [0.717, 1.165) is 11.1 Å². The average Bonchev–Trinajstić information content (AvgIpc) is 3.33. The lowest BCUT2D eigenvalue weighted by molar-refractivity contribution is 0.0903. The smallest absolute Gasteiger partial charge is 0.244 e. The zero-order valence-electron chi connectivity index (χ0n) is 14.2. The molecule has 0 bridgehead atoms. The Hall–Kier alpha value is -2.36. The Balaban J connectivity index is 1.81. The van der Waals surface area contributed by atoms with Gasteiger partial charge in [-0.3, -0.25) is 0 Å². The fourth-order valence-electron chi connectivity index (χ4n) is 3.62. The third-order valence-electron chi connectivity index (χ3n) is 4.90. The third kappa shape index (κ3) is 2.35. The number of nitrogens with zero attached hydrogens (tertiary/aromatic N) is 2. The molecule has 25 heavy (non-hydrogen) atoms. The summed E-state index contributed by atoms with van der Waals surface area (Å²) >= 11 is 0. The summed E-state index contributed by atoms with van der Waals surface area (Å²) in [4.78, 5) is 0.279. The number of ether oxygens (including phenoxy) is 1.